The van der Waals surface area contributed by atoms with E-state index < -0.39 is 11.6 Å². The molecule has 1 aromatic carbocycles. The van der Waals surface area contributed by atoms with Crippen LogP contribution >= 0.6 is 0 Å². The van der Waals surface area contributed by atoms with E-state index in [1.54, 1.807) is 19.1 Å². The van der Waals surface area contributed by atoms with Crippen molar-refractivity contribution in [1.29, 1.82) is 0 Å². The summed E-state index contributed by atoms with van der Waals surface area (Å²) in [6.45, 7) is 0.608. The molecule has 0 aromatic heterocycles. The van der Waals surface area contributed by atoms with Crippen molar-refractivity contribution in [2.75, 3.05) is 34.7 Å². The van der Waals surface area contributed by atoms with Crippen molar-refractivity contribution in [3.63, 3.8) is 0 Å². The molecule has 2 aliphatic heterocycles. The minimum absolute atomic E-state index is 0.0108. The summed E-state index contributed by atoms with van der Waals surface area (Å²) in [4.78, 5) is 25.9. The van der Waals surface area contributed by atoms with Gasteiger partial charge in [-0.05, 0) is 29.7 Å². The number of amides is 1. The van der Waals surface area contributed by atoms with E-state index >= 15 is 0 Å². The van der Waals surface area contributed by atoms with Gasteiger partial charge in [0.2, 0.25) is 5.91 Å². The molecule has 1 fully saturated rings. The van der Waals surface area contributed by atoms with Gasteiger partial charge in [0.05, 0.1) is 26.7 Å². The fourth-order valence-electron chi connectivity index (χ4n) is 4.07. The van der Waals surface area contributed by atoms with Crippen LogP contribution in [0.2, 0.25) is 0 Å². The van der Waals surface area contributed by atoms with Gasteiger partial charge in [-0.1, -0.05) is 0 Å². The molecule has 2 heterocycles. The summed E-state index contributed by atoms with van der Waals surface area (Å²) in [6, 6.07) is 3.79. The summed E-state index contributed by atoms with van der Waals surface area (Å²) in [7, 11) is 4.68. The fraction of sp³-hybridized carbons (Fsp3) is 0.556. The van der Waals surface area contributed by atoms with Crippen LogP contribution in [0.3, 0.4) is 0 Å². The van der Waals surface area contributed by atoms with Crippen molar-refractivity contribution in [2.45, 2.75) is 30.9 Å². The number of ether oxygens (including phenoxy) is 4. The van der Waals surface area contributed by atoms with Crippen molar-refractivity contribution in [3.8, 4) is 11.5 Å². The van der Waals surface area contributed by atoms with Gasteiger partial charge in [0.1, 0.15) is 18.6 Å². The lowest BCUT2D eigenvalue weighted by Gasteiger charge is -2.45. The van der Waals surface area contributed by atoms with Crippen LogP contribution in [0.15, 0.2) is 12.1 Å². The standard InChI is InChI=1S/C18H23NO6/c1-22-11-25-16-10-17(21)19-6-4-12-8-14(23-2)15(24-3)9-13(12)18(16,19)5-7-20/h7-9,16H,4-6,10-11H2,1-3H3/t16-,18+/m0/s1. The maximum atomic E-state index is 12.6. The molecule has 7 heteroatoms. The predicted octanol–water partition coefficient (Wildman–Crippen LogP) is 1.27. The molecular formula is C18H23NO6. The minimum Gasteiger partial charge on any atom is -0.493 e. The number of hydrogen-bond donors (Lipinski definition) is 0. The SMILES string of the molecule is COCO[C@H]1CC(=O)N2CCc3cc(OC)c(OC)cc3[C@]12CC=O. The average molecular weight is 349 g/mol. The van der Waals surface area contributed by atoms with Crippen LogP contribution < -0.4 is 9.47 Å². The van der Waals surface area contributed by atoms with Gasteiger partial charge in [-0.25, -0.2) is 0 Å². The quantitative estimate of drug-likeness (QED) is 0.545. The number of nitrogens with zero attached hydrogens (tertiary/aromatic N) is 1. The average Bonchev–Trinajstić information content (AvgIpc) is 2.91. The van der Waals surface area contributed by atoms with Gasteiger partial charge < -0.3 is 28.6 Å². The first-order valence-electron chi connectivity index (χ1n) is 8.22. The third-order valence-corrected chi connectivity index (χ3v) is 5.14. The fourth-order valence-corrected chi connectivity index (χ4v) is 4.07. The highest BCUT2D eigenvalue weighted by molar-refractivity contribution is 5.83. The van der Waals surface area contributed by atoms with E-state index in [1.165, 1.54) is 7.11 Å². The van der Waals surface area contributed by atoms with Gasteiger partial charge in [0, 0.05) is 20.1 Å². The zero-order valence-electron chi connectivity index (χ0n) is 14.7. The largest absolute Gasteiger partial charge is 0.493 e. The van der Waals surface area contributed by atoms with Gasteiger partial charge in [-0.15, -0.1) is 0 Å². The number of fused-ring (bicyclic) bond motifs is 3. The molecule has 0 aliphatic carbocycles. The minimum atomic E-state index is -0.829. The highest BCUT2D eigenvalue weighted by Gasteiger charge is 2.57. The molecule has 0 N–H and O–H groups in total. The number of carbonyl (C=O) groups excluding carboxylic acids is 2. The second-order valence-electron chi connectivity index (χ2n) is 6.22. The van der Waals surface area contributed by atoms with Gasteiger partial charge in [-0.2, -0.15) is 0 Å². The van der Waals surface area contributed by atoms with E-state index in [1.807, 2.05) is 12.1 Å². The molecule has 136 valence electrons. The normalized spacial score (nSPS) is 24.7. The topological polar surface area (TPSA) is 74.3 Å². The first-order valence-corrected chi connectivity index (χ1v) is 8.22. The van der Waals surface area contributed by atoms with Gasteiger partial charge in [0.15, 0.2) is 11.5 Å². The molecule has 0 saturated carbocycles. The van der Waals surface area contributed by atoms with E-state index in [0.29, 0.717) is 24.5 Å². The Labute approximate surface area is 146 Å². The maximum Gasteiger partial charge on any atom is 0.226 e. The molecule has 2 atom stereocenters. The first-order chi connectivity index (χ1) is 12.1. The molecule has 0 spiro atoms. The molecule has 0 bridgehead atoms. The van der Waals surface area contributed by atoms with E-state index in [2.05, 4.69) is 0 Å². The van der Waals surface area contributed by atoms with Crippen molar-refractivity contribution < 1.29 is 28.5 Å². The molecule has 1 amide bonds. The Balaban J connectivity index is 2.17. The van der Waals surface area contributed by atoms with Crippen LogP contribution in [-0.4, -0.2) is 57.9 Å². The van der Waals surface area contributed by atoms with Gasteiger partial charge in [-0.3, -0.25) is 4.79 Å². The van der Waals surface area contributed by atoms with Crippen molar-refractivity contribution in [1.82, 2.24) is 4.90 Å². The lowest BCUT2D eigenvalue weighted by molar-refractivity contribution is -0.136. The van der Waals surface area contributed by atoms with E-state index in [9.17, 15) is 9.59 Å². The monoisotopic (exact) mass is 349 g/mol. The second-order valence-corrected chi connectivity index (χ2v) is 6.22. The van der Waals surface area contributed by atoms with Gasteiger partial charge >= 0.3 is 0 Å². The highest BCUT2D eigenvalue weighted by atomic mass is 16.7. The van der Waals surface area contributed by atoms with E-state index in [0.717, 1.165) is 17.4 Å². The Morgan fingerprint density at radius 2 is 1.96 bits per heavy atom. The smallest absolute Gasteiger partial charge is 0.226 e. The zero-order chi connectivity index (χ0) is 18.0. The third kappa shape index (κ3) is 2.67. The molecular weight excluding hydrogens is 326 g/mol. The Kier molecular flexibility index (Phi) is 4.96. The molecule has 0 unspecified atom stereocenters. The van der Waals surface area contributed by atoms with E-state index in [-0.39, 0.29) is 25.5 Å². The molecule has 2 aliphatic rings. The number of benzene rings is 1. The van der Waals surface area contributed by atoms with E-state index in [4.69, 9.17) is 18.9 Å². The molecule has 1 aromatic rings. The van der Waals surface area contributed by atoms with Crippen molar-refractivity contribution >= 4 is 12.2 Å². The number of methoxy groups -OCH3 is 3. The first kappa shape index (κ1) is 17.7. The Bertz CT molecular complexity index is 676. The second kappa shape index (κ2) is 7.01. The number of hydrogen-bond acceptors (Lipinski definition) is 6. The van der Waals surface area contributed by atoms with Crippen molar-refractivity contribution in [3.05, 3.63) is 23.3 Å². The van der Waals surface area contributed by atoms with Crippen LogP contribution in [0.1, 0.15) is 24.0 Å². The highest BCUT2D eigenvalue weighted by Crippen LogP contribution is 2.50. The third-order valence-electron chi connectivity index (χ3n) is 5.14. The summed E-state index contributed by atoms with van der Waals surface area (Å²) in [6.07, 6.45) is 1.47. The number of aldehydes is 1. The summed E-state index contributed by atoms with van der Waals surface area (Å²) >= 11 is 0. The van der Waals surface area contributed by atoms with Crippen molar-refractivity contribution in [2.24, 2.45) is 0 Å². The molecule has 3 rings (SSSR count). The van der Waals surface area contributed by atoms with Crippen LogP contribution in [0.5, 0.6) is 11.5 Å². The Morgan fingerprint density at radius 3 is 2.60 bits per heavy atom. The maximum absolute atomic E-state index is 12.6. The summed E-state index contributed by atoms with van der Waals surface area (Å²) in [5, 5.41) is 0. The van der Waals surface area contributed by atoms with Gasteiger partial charge in [0.25, 0.3) is 0 Å². The van der Waals surface area contributed by atoms with Crippen LogP contribution in [0.25, 0.3) is 0 Å². The summed E-state index contributed by atoms with van der Waals surface area (Å²) < 4.78 is 21.7. The lowest BCUT2D eigenvalue weighted by atomic mass is 9.76. The van der Waals surface area contributed by atoms with Crippen LogP contribution in [0, 0.1) is 0 Å². The summed E-state index contributed by atoms with van der Waals surface area (Å²) in [5.74, 6) is 1.19. The molecule has 0 radical (unpaired) electrons. The molecule has 7 nitrogen and oxygen atoms in total. The summed E-state index contributed by atoms with van der Waals surface area (Å²) in [5.41, 5.74) is 1.09. The Hall–Kier alpha value is -2.12. The Morgan fingerprint density at radius 1 is 1.24 bits per heavy atom. The van der Waals surface area contributed by atoms with Crippen LogP contribution in [0.4, 0.5) is 0 Å². The number of carbonyl (C=O) groups is 2. The lowest BCUT2D eigenvalue weighted by Crippen LogP contribution is -2.53. The molecule has 1 saturated heterocycles. The predicted molar refractivity (Wildman–Crippen MR) is 88.7 cm³/mol. The zero-order valence-corrected chi connectivity index (χ0v) is 14.7. The number of rotatable bonds is 7. The van der Waals surface area contributed by atoms with Crippen LogP contribution in [-0.2, 0) is 31.0 Å². The molecule has 25 heavy (non-hydrogen) atoms.